The summed E-state index contributed by atoms with van der Waals surface area (Å²) >= 11 is 0. The lowest BCUT2D eigenvalue weighted by atomic mass is 9.88. The fraction of sp³-hybridized carbons (Fsp3) is 1.00. The molecule has 0 amide bonds. The zero-order valence-electron chi connectivity index (χ0n) is 10.0. The third-order valence-corrected chi connectivity index (χ3v) is 3.34. The van der Waals surface area contributed by atoms with Crippen LogP contribution in [-0.2, 0) is 4.74 Å². The lowest BCUT2D eigenvalue weighted by Gasteiger charge is -2.28. The molecule has 1 aliphatic carbocycles. The predicted octanol–water partition coefficient (Wildman–Crippen LogP) is 1.54. The molecule has 0 bridgehead atoms. The highest BCUT2D eigenvalue weighted by Gasteiger charge is 2.39. The van der Waals surface area contributed by atoms with Crippen molar-refractivity contribution in [2.45, 2.75) is 45.1 Å². The van der Waals surface area contributed by atoms with Gasteiger partial charge in [0.1, 0.15) is 0 Å². The third-order valence-electron chi connectivity index (χ3n) is 3.34. The number of hydrogen-bond acceptors (Lipinski definition) is 3. The second-order valence-corrected chi connectivity index (χ2v) is 5.15. The van der Waals surface area contributed by atoms with Crippen molar-refractivity contribution in [3.8, 4) is 0 Å². The summed E-state index contributed by atoms with van der Waals surface area (Å²) < 4.78 is 5.54. The van der Waals surface area contributed by atoms with Gasteiger partial charge in [-0.2, -0.15) is 0 Å². The summed E-state index contributed by atoms with van der Waals surface area (Å²) in [4.78, 5) is 0. The second-order valence-electron chi connectivity index (χ2n) is 5.15. The molecule has 0 spiro atoms. The summed E-state index contributed by atoms with van der Waals surface area (Å²) in [6.45, 7) is 6.25. The smallest absolute Gasteiger partial charge is 0.0798 e. The molecule has 3 nitrogen and oxygen atoms in total. The minimum Gasteiger partial charge on any atom is -0.388 e. The average molecular weight is 215 g/mol. The minimum atomic E-state index is -0.610. The number of nitrogens with two attached hydrogens (primary N) is 1. The lowest BCUT2D eigenvalue weighted by molar-refractivity contribution is -0.00610. The molecule has 0 aromatic carbocycles. The van der Waals surface area contributed by atoms with Crippen LogP contribution in [0.5, 0.6) is 0 Å². The Labute approximate surface area is 93.0 Å². The number of rotatable bonds is 6. The molecule has 15 heavy (non-hydrogen) atoms. The Hall–Kier alpha value is -0.120. The summed E-state index contributed by atoms with van der Waals surface area (Å²) in [7, 11) is 0. The number of aliphatic hydroxyl groups is 1. The van der Waals surface area contributed by atoms with Gasteiger partial charge in [-0.1, -0.05) is 20.3 Å². The molecule has 0 heterocycles. The van der Waals surface area contributed by atoms with Gasteiger partial charge in [0, 0.05) is 19.8 Å². The molecule has 1 saturated carbocycles. The van der Waals surface area contributed by atoms with Crippen LogP contribution in [0.4, 0.5) is 0 Å². The first-order valence-corrected chi connectivity index (χ1v) is 6.08. The Kier molecular flexibility index (Phi) is 5.03. The predicted molar refractivity (Wildman–Crippen MR) is 61.6 cm³/mol. The molecule has 1 aliphatic rings. The van der Waals surface area contributed by atoms with Crippen molar-refractivity contribution in [3.05, 3.63) is 0 Å². The van der Waals surface area contributed by atoms with Gasteiger partial charge >= 0.3 is 0 Å². The molecule has 1 rings (SSSR count). The molecule has 90 valence electrons. The van der Waals surface area contributed by atoms with Crippen LogP contribution < -0.4 is 5.73 Å². The molecule has 0 saturated heterocycles. The van der Waals surface area contributed by atoms with E-state index in [2.05, 4.69) is 13.8 Å². The Bertz CT molecular complexity index is 184. The maximum absolute atomic E-state index is 10.2. The third kappa shape index (κ3) is 3.74. The van der Waals surface area contributed by atoms with Gasteiger partial charge in [0.25, 0.3) is 0 Å². The van der Waals surface area contributed by atoms with Crippen LogP contribution in [0.1, 0.15) is 39.5 Å². The lowest BCUT2D eigenvalue weighted by Crippen LogP contribution is -2.41. The van der Waals surface area contributed by atoms with Crippen LogP contribution in [-0.4, -0.2) is 30.5 Å². The van der Waals surface area contributed by atoms with Crippen molar-refractivity contribution in [1.29, 1.82) is 0 Å². The standard InChI is InChI=1S/C12H25NO2/c1-10(2)8-15-7-5-11-4-3-6-12(11,14)9-13/h10-11,14H,3-9,13H2,1-2H3. The van der Waals surface area contributed by atoms with Gasteiger partial charge in [0.15, 0.2) is 0 Å². The molecule has 3 heteroatoms. The average Bonchev–Trinajstić information content (AvgIpc) is 2.56. The summed E-state index contributed by atoms with van der Waals surface area (Å²) in [6, 6.07) is 0. The molecule has 2 atom stereocenters. The SMILES string of the molecule is CC(C)COCCC1CCCC1(O)CN. The highest BCUT2D eigenvalue weighted by molar-refractivity contribution is 4.92. The van der Waals surface area contributed by atoms with Crippen LogP contribution in [0.15, 0.2) is 0 Å². The van der Waals surface area contributed by atoms with Crippen LogP contribution in [0.3, 0.4) is 0 Å². The molecular weight excluding hydrogens is 190 g/mol. The van der Waals surface area contributed by atoms with Crippen molar-refractivity contribution >= 4 is 0 Å². The van der Waals surface area contributed by atoms with E-state index in [4.69, 9.17) is 10.5 Å². The molecule has 0 aliphatic heterocycles. The van der Waals surface area contributed by atoms with Gasteiger partial charge in [-0.05, 0) is 31.1 Å². The fourth-order valence-electron chi connectivity index (χ4n) is 2.35. The summed E-state index contributed by atoms with van der Waals surface area (Å²) in [6.07, 6.45) is 4.00. The fourth-order valence-corrected chi connectivity index (χ4v) is 2.35. The van der Waals surface area contributed by atoms with Crippen molar-refractivity contribution in [2.24, 2.45) is 17.6 Å². The van der Waals surface area contributed by atoms with Gasteiger partial charge in [-0.25, -0.2) is 0 Å². The molecular formula is C12H25NO2. The van der Waals surface area contributed by atoms with Crippen LogP contribution in [0, 0.1) is 11.8 Å². The number of ether oxygens (including phenoxy) is 1. The monoisotopic (exact) mass is 215 g/mol. The zero-order chi connectivity index (χ0) is 11.3. The first-order valence-electron chi connectivity index (χ1n) is 6.08. The highest BCUT2D eigenvalue weighted by Crippen LogP contribution is 2.36. The highest BCUT2D eigenvalue weighted by atomic mass is 16.5. The van der Waals surface area contributed by atoms with E-state index in [1.54, 1.807) is 0 Å². The van der Waals surface area contributed by atoms with Crippen LogP contribution in [0.25, 0.3) is 0 Å². The summed E-state index contributed by atoms with van der Waals surface area (Å²) in [5.74, 6) is 0.927. The zero-order valence-corrected chi connectivity index (χ0v) is 10.0. The molecule has 0 radical (unpaired) electrons. The van der Waals surface area contributed by atoms with Crippen molar-refractivity contribution in [3.63, 3.8) is 0 Å². The molecule has 1 fully saturated rings. The molecule has 0 aromatic heterocycles. The largest absolute Gasteiger partial charge is 0.388 e. The van der Waals surface area contributed by atoms with E-state index in [0.29, 0.717) is 18.4 Å². The van der Waals surface area contributed by atoms with Crippen molar-refractivity contribution < 1.29 is 9.84 Å². The molecule has 0 aromatic rings. The maximum atomic E-state index is 10.2. The summed E-state index contributed by atoms with van der Waals surface area (Å²) in [5.41, 5.74) is 5.01. The molecule has 3 N–H and O–H groups in total. The van der Waals surface area contributed by atoms with Gasteiger partial charge in [0.05, 0.1) is 5.60 Å². The van der Waals surface area contributed by atoms with E-state index in [1.807, 2.05) is 0 Å². The van der Waals surface area contributed by atoms with Crippen molar-refractivity contribution in [1.82, 2.24) is 0 Å². The Morgan fingerprint density at radius 3 is 2.87 bits per heavy atom. The van der Waals surface area contributed by atoms with Gasteiger partial charge < -0.3 is 15.6 Å². The first kappa shape index (κ1) is 12.9. The second kappa shape index (κ2) is 5.83. The van der Waals surface area contributed by atoms with E-state index in [1.165, 1.54) is 0 Å². The Morgan fingerprint density at radius 1 is 1.53 bits per heavy atom. The van der Waals surface area contributed by atoms with E-state index >= 15 is 0 Å². The quantitative estimate of drug-likeness (QED) is 0.661. The Morgan fingerprint density at radius 2 is 2.27 bits per heavy atom. The normalized spacial score (nSPS) is 31.4. The van der Waals surface area contributed by atoms with Crippen LogP contribution in [0.2, 0.25) is 0 Å². The van der Waals surface area contributed by atoms with E-state index < -0.39 is 5.60 Å². The molecule has 2 unspecified atom stereocenters. The van der Waals surface area contributed by atoms with E-state index in [0.717, 1.165) is 38.9 Å². The van der Waals surface area contributed by atoms with Crippen molar-refractivity contribution in [2.75, 3.05) is 19.8 Å². The van der Waals surface area contributed by atoms with E-state index in [9.17, 15) is 5.11 Å². The van der Waals surface area contributed by atoms with Gasteiger partial charge in [-0.15, -0.1) is 0 Å². The van der Waals surface area contributed by atoms with Crippen LogP contribution >= 0.6 is 0 Å². The summed E-state index contributed by atoms with van der Waals surface area (Å²) in [5, 5.41) is 10.2. The topological polar surface area (TPSA) is 55.5 Å². The van der Waals surface area contributed by atoms with Gasteiger partial charge in [-0.3, -0.25) is 0 Å². The first-order chi connectivity index (χ1) is 7.08. The maximum Gasteiger partial charge on any atom is 0.0798 e. The van der Waals surface area contributed by atoms with Gasteiger partial charge in [0.2, 0.25) is 0 Å². The minimum absolute atomic E-state index is 0.342. The number of hydrogen-bond donors (Lipinski definition) is 2. The Balaban J connectivity index is 2.20. The van der Waals surface area contributed by atoms with E-state index in [-0.39, 0.29) is 0 Å².